The summed E-state index contributed by atoms with van der Waals surface area (Å²) in [6.07, 6.45) is 0.295. The van der Waals surface area contributed by atoms with E-state index in [4.69, 9.17) is 11.5 Å². The topological polar surface area (TPSA) is 72.3 Å². The molecule has 3 nitrogen and oxygen atoms in total. The highest BCUT2D eigenvalue weighted by Gasteiger charge is 2.13. The molecule has 0 fully saturated rings. The summed E-state index contributed by atoms with van der Waals surface area (Å²) in [4.78, 5) is 0. The molecule has 0 aliphatic heterocycles. The lowest BCUT2D eigenvalue weighted by Gasteiger charge is -2.18. The summed E-state index contributed by atoms with van der Waals surface area (Å²) in [5.74, 6) is 0.479. The van der Waals surface area contributed by atoms with E-state index in [-0.39, 0.29) is 6.04 Å². The van der Waals surface area contributed by atoms with Gasteiger partial charge in [-0.15, -0.1) is 0 Å². The van der Waals surface area contributed by atoms with Crippen LogP contribution < -0.4 is 11.5 Å². The van der Waals surface area contributed by atoms with E-state index in [1.54, 1.807) is 0 Å². The van der Waals surface area contributed by atoms with Crippen molar-refractivity contribution < 1.29 is 5.11 Å². The SMILES string of the molecule is CC(C)CC(O)C(N)CN. The molecule has 0 aliphatic rings. The minimum absolute atomic E-state index is 0.262. The van der Waals surface area contributed by atoms with Crippen LogP contribution in [0.15, 0.2) is 0 Å². The van der Waals surface area contributed by atoms with Gasteiger partial charge < -0.3 is 16.6 Å². The van der Waals surface area contributed by atoms with Crippen LogP contribution in [-0.4, -0.2) is 23.8 Å². The molecule has 0 aromatic rings. The standard InChI is InChI=1S/C7H18N2O/c1-5(2)3-7(10)6(9)4-8/h5-7,10H,3-4,8-9H2,1-2H3. The van der Waals surface area contributed by atoms with E-state index in [0.29, 0.717) is 12.5 Å². The lowest BCUT2D eigenvalue weighted by Crippen LogP contribution is -2.41. The summed E-state index contributed by atoms with van der Waals surface area (Å²) in [5.41, 5.74) is 10.8. The second-order valence-corrected chi connectivity index (χ2v) is 3.10. The van der Waals surface area contributed by atoms with Crippen molar-refractivity contribution in [2.45, 2.75) is 32.4 Å². The zero-order valence-electron chi connectivity index (χ0n) is 6.75. The molecule has 0 saturated carbocycles. The van der Waals surface area contributed by atoms with Crippen LogP contribution >= 0.6 is 0 Å². The van der Waals surface area contributed by atoms with Crippen LogP contribution in [-0.2, 0) is 0 Å². The molecule has 10 heavy (non-hydrogen) atoms. The molecule has 0 rings (SSSR count). The van der Waals surface area contributed by atoms with E-state index in [0.717, 1.165) is 6.42 Å². The van der Waals surface area contributed by atoms with Gasteiger partial charge in [0.25, 0.3) is 0 Å². The minimum atomic E-state index is -0.440. The van der Waals surface area contributed by atoms with E-state index >= 15 is 0 Å². The quantitative estimate of drug-likeness (QED) is 0.509. The molecule has 3 heteroatoms. The fourth-order valence-electron chi connectivity index (χ4n) is 0.815. The Hall–Kier alpha value is -0.120. The van der Waals surface area contributed by atoms with Gasteiger partial charge in [0.1, 0.15) is 0 Å². The van der Waals surface area contributed by atoms with Gasteiger partial charge in [0.2, 0.25) is 0 Å². The molecule has 62 valence electrons. The molecule has 5 N–H and O–H groups in total. The molecule has 0 spiro atoms. The molecule has 0 aliphatic carbocycles. The summed E-state index contributed by atoms with van der Waals surface area (Å²) < 4.78 is 0. The van der Waals surface area contributed by atoms with Crippen molar-refractivity contribution in [3.05, 3.63) is 0 Å². The van der Waals surface area contributed by atoms with Gasteiger partial charge in [-0.25, -0.2) is 0 Å². The summed E-state index contributed by atoms with van der Waals surface area (Å²) in [6, 6.07) is -0.262. The van der Waals surface area contributed by atoms with Crippen LogP contribution in [0.1, 0.15) is 20.3 Å². The maximum atomic E-state index is 9.28. The van der Waals surface area contributed by atoms with Crippen LogP contribution in [0.25, 0.3) is 0 Å². The third-order valence-electron chi connectivity index (χ3n) is 1.48. The van der Waals surface area contributed by atoms with Gasteiger partial charge in [0.05, 0.1) is 6.10 Å². The molecule has 2 atom stereocenters. The lowest BCUT2D eigenvalue weighted by molar-refractivity contribution is 0.123. The molecular weight excluding hydrogens is 128 g/mol. The first-order chi connectivity index (χ1) is 4.57. The van der Waals surface area contributed by atoms with Crippen molar-refractivity contribution in [2.24, 2.45) is 17.4 Å². The normalized spacial score (nSPS) is 17.4. The van der Waals surface area contributed by atoms with Crippen molar-refractivity contribution in [2.75, 3.05) is 6.54 Å². The summed E-state index contributed by atoms with van der Waals surface area (Å²) in [7, 11) is 0. The highest BCUT2D eigenvalue weighted by atomic mass is 16.3. The third kappa shape index (κ3) is 3.82. The average molecular weight is 146 g/mol. The highest BCUT2D eigenvalue weighted by Crippen LogP contribution is 2.05. The predicted octanol–water partition coefficient (Wildman–Crippen LogP) is -0.321. The maximum absolute atomic E-state index is 9.28. The lowest BCUT2D eigenvalue weighted by atomic mass is 10.0. The van der Waals surface area contributed by atoms with Gasteiger partial charge in [-0.3, -0.25) is 0 Å². The number of hydrogen-bond donors (Lipinski definition) is 3. The van der Waals surface area contributed by atoms with E-state index in [1.807, 2.05) is 13.8 Å². The number of nitrogens with two attached hydrogens (primary N) is 2. The van der Waals surface area contributed by atoms with Crippen molar-refractivity contribution in [3.8, 4) is 0 Å². The van der Waals surface area contributed by atoms with Crippen molar-refractivity contribution in [3.63, 3.8) is 0 Å². The van der Waals surface area contributed by atoms with Crippen LogP contribution in [0.5, 0.6) is 0 Å². The Labute approximate surface area is 62.4 Å². The molecule has 0 bridgehead atoms. The summed E-state index contributed by atoms with van der Waals surface area (Å²) in [5, 5.41) is 9.28. The van der Waals surface area contributed by atoms with E-state index in [2.05, 4.69) is 0 Å². The van der Waals surface area contributed by atoms with Gasteiger partial charge in [0, 0.05) is 12.6 Å². The fourth-order valence-corrected chi connectivity index (χ4v) is 0.815. The van der Waals surface area contributed by atoms with E-state index in [1.165, 1.54) is 0 Å². The monoisotopic (exact) mass is 146 g/mol. The third-order valence-corrected chi connectivity index (χ3v) is 1.48. The Morgan fingerprint density at radius 2 is 1.90 bits per heavy atom. The Bertz CT molecular complexity index is 85.7. The van der Waals surface area contributed by atoms with Crippen LogP contribution in [0.3, 0.4) is 0 Å². The zero-order chi connectivity index (χ0) is 8.15. The molecule has 2 unspecified atom stereocenters. The second-order valence-electron chi connectivity index (χ2n) is 3.10. The van der Waals surface area contributed by atoms with Crippen LogP contribution in [0.2, 0.25) is 0 Å². The maximum Gasteiger partial charge on any atom is 0.0705 e. The smallest absolute Gasteiger partial charge is 0.0705 e. The van der Waals surface area contributed by atoms with Crippen molar-refractivity contribution in [1.82, 2.24) is 0 Å². The molecule has 0 radical (unpaired) electrons. The Morgan fingerprint density at radius 1 is 1.40 bits per heavy atom. The highest BCUT2D eigenvalue weighted by molar-refractivity contribution is 4.72. The first-order valence-electron chi connectivity index (χ1n) is 3.71. The van der Waals surface area contributed by atoms with Crippen molar-refractivity contribution in [1.29, 1.82) is 0 Å². The zero-order valence-corrected chi connectivity index (χ0v) is 6.75. The summed E-state index contributed by atoms with van der Waals surface area (Å²) in [6.45, 7) is 4.45. The fraction of sp³-hybridized carbons (Fsp3) is 1.00. The van der Waals surface area contributed by atoms with Gasteiger partial charge in [-0.2, -0.15) is 0 Å². The second kappa shape index (κ2) is 4.66. The van der Waals surface area contributed by atoms with Gasteiger partial charge in [-0.1, -0.05) is 13.8 Å². The molecular formula is C7H18N2O. The Balaban J connectivity index is 3.50. The Kier molecular flexibility index (Phi) is 4.60. The minimum Gasteiger partial charge on any atom is -0.391 e. The summed E-state index contributed by atoms with van der Waals surface area (Å²) >= 11 is 0. The van der Waals surface area contributed by atoms with Gasteiger partial charge >= 0.3 is 0 Å². The van der Waals surface area contributed by atoms with Crippen LogP contribution in [0, 0.1) is 5.92 Å². The number of aliphatic hydroxyl groups excluding tert-OH is 1. The number of aliphatic hydroxyl groups is 1. The molecule has 0 aromatic carbocycles. The predicted molar refractivity (Wildman–Crippen MR) is 42.5 cm³/mol. The number of rotatable bonds is 4. The molecule has 0 amide bonds. The largest absolute Gasteiger partial charge is 0.391 e. The van der Waals surface area contributed by atoms with Gasteiger partial charge in [-0.05, 0) is 12.3 Å². The first kappa shape index (κ1) is 9.88. The average Bonchev–Trinajstić information content (AvgIpc) is 1.85. The van der Waals surface area contributed by atoms with Gasteiger partial charge in [0.15, 0.2) is 0 Å². The molecule has 0 heterocycles. The molecule has 0 aromatic heterocycles. The van der Waals surface area contributed by atoms with Crippen LogP contribution in [0.4, 0.5) is 0 Å². The molecule has 0 saturated heterocycles. The Morgan fingerprint density at radius 3 is 2.20 bits per heavy atom. The van der Waals surface area contributed by atoms with E-state index < -0.39 is 6.10 Å². The first-order valence-corrected chi connectivity index (χ1v) is 3.71. The number of hydrogen-bond acceptors (Lipinski definition) is 3. The van der Waals surface area contributed by atoms with E-state index in [9.17, 15) is 5.11 Å². The van der Waals surface area contributed by atoms with Crippen molar-refractivity contribution >= 4 is 0 Å².